The highest BCUT2D eigenvalue weighted by molar-refractivity contribution is 6.08. The minimum absolute atomic E-state index is 0.105. The van der Waals surface area contributed by atoms with Crippen LogP contribution in [0.15, 0.2) is 36.4 Å². The minimum atomic E-state index is -0.329. The number of rotatable bonds is 1. The number of hydrogen-bond donors (Lipinski definition) is 1. The van der Waals surface area contributed by atoms with E-state index in [1.807, 2.05) is 18.2 Å². The minimum Gasteiger partial charge on any atom is -0.399 e. The van der Waals surface area contributed by atoms with Gasteiger partial charge in [0, 0.05) is 23.5 Å². The third-order valence-electron chi connectivity index (χ3n) is 3.67. The maximum absolute atomic E-state index is 13.1. The van der Waals surface area contributed by atoms with Crippen LogP contribution in [0.2, 0.25) is 0 Å². The average molecular weight is 270 g/mol. The summed E-state index contributed by atoms with van der Waals surface area (Å²) >= 11 is 0. The van der Waals surface area contributed by atoms with E-state index in [9.17, 15) is 9.18 Å². The summed E-state index contributed by atoms with van der Waals surface area (Å²) in [5.74, 6) is -0.433. The molecule has 1 aliphatic rings. The summed E-state index contributed by atoms with van der Waals surface area (Å²) in [6.45, 7) is 2.38. The lowest BCUT2D eigenvalue weighted by molar-refractivity contribution is 0.0989. The number of benzene rings is 2. The molecule has 102 valence electrons. The normalized spacial score (nSPS) is 13.4. The summed E-state index contributed by atoms with van der Waals surface area (Å²) in [7, 11) is 0. The van der Waals surface area contributed by atoms with E-state index in [4.69, 9.17) is 5.73 Å². The summed E-state index contributed by atoms with van der Waals surface area (Å²) in [6.07, 6.45) is 0.821. The Balaban J connectivity index is 1.99. The molecule has 0 aliphatic carbocycles. The Morgan fingerprint density at radius 3 is 2.80 bits per heavy atom. The fourth-order valence-electron chi connectivity index (χ4n) is 2.62. The molecule has 0 fully saturated rings. The number of hydrogen-bond acceptors (Lipinski definition) is 2. The first-order chi connectivity index (χ1) is 9.56. The van der Waals surface area contributed by atoms with Crippen LogP contribution in [0.4, 0.5) is 15.8 Å². The quantitative estimate of drug-likeness (QED) is 0.810. The predicted octanol–water partition coefficient (Wildman–Crippen LogP) is 2.92. The largest absolute Gasteiger partial charge is 0.399 e. The molecule has 1 heterocycles. The van der Waals surface area contributed by atoms with Crippen molar-refractivity contribution in [2.45, 2.75) is 13.3 Å². The molecular weight excluding hydrogens is 255 g/mol. The Morgan fingerprint density at radius 1 is 1.25 bits per heavy atom. The standard InChI is InChI=1S/C16H15FN2O/c1-10-8-12(17)3-5-14(10)16(20)19-7-6-11-2-4-13(18)9-15(11)19/h2-5,8-9H,6-7,18H2,1H3. The zero-order valence-electron chi connectivity index (χ0n) is 11.2. The fourth-order valence-corrected chi connectivity index (χ4v) is 2.62. The van der Waals surface area contributed by atoms with Gasteiger partial charge < -0.3 is 10.6 Å². The van der Waals surface area contributed by atoms with E-state index >= 15 is 0 Å². The van der Waals surface area contributed by atoms with Gasteiger partial charge in [-0.15, -0.1) is 0 Å². The van der Waals surface area contributed by atoms with E-state index in [2.05, 4.69) is 0 Å². The van der Waals surface area contributed by atoms with Gasteiger partial charge in [-0.1, -0.05) is 6.07 Å². The Hall–Kier alpha value is -2.36. The first-order valence-electron chi connectivity index (χ1n) is 6.52. The first kappa shape index (κ1) is 12.7. The van der Waals surface area contributed by atoms with Gasteiger partial charge in [0.1, 0.15) is 5.82 Å². The third kappa shape index (κ3) is 2.03. The molecule has 0 unspecified atom stereocenters. The highest BCUT2D eigenvalue weighted by Gasteiger charge is 2.26. The van der Waals surface area contributed by atoms with E-state index in [1.54, 1.807) is 11.8 Å². The molecule has 1 amide bonds. The van der Waals surface area contributed by atoms with Crippen molar-refractivity contribution in [3.05, 3.63) is 58.9 Å². The number of anilines is 2. The van der Waals surface area contributed by atoms with Crippen LogP contribution in [-0.2, 0) is 6.42 Å². The Morgan fingerprint density at radius 2 is 2.05 bits per heavy atom. The number of aryl methyl sites for hydroxylation is 1. The molecule has 0 spiro atoms. The predicted molar refractivity (Wildman–Crippen MR) is 77.4 cm³/mol. The number of fused-ring (bicyclic) bond motifs is 1. The molecule has 0 saturated heterocycles. The van der Waals surface area contributed by atoms with E-state index in [1.165, 1.54) is 18.2 Å². The van der Waals surface area contributed by atoms with Crippen molar-refractivity contribution in [1.82, 2.24) is 0 Å². The van der Waals surface area contributed by atoms with Crippen molar-refractivity contribution >= 4 is 17.3 Å². The second kappa shape index (κ2) is 4.63. The lowest BCUT2D eigenvalue weighted by Gasteiger charge is -2.19. The number of nitrogen functional groups attached to an aromatic ring is 1. The van der Waals surface area contributed by atoms with Gasteiger partial charge in [-0.2, -0.15) is 0 Å². The number of amides is 1. The van der Waals surface area contributed by atoms with Crippen molar-refractivity contribution in [3.8, 4) is 0 Å². The molecule has 0 atom stereocenters. The Kier molecular flexibility index (Phi) is 2.93. The topological polar surface area (TPSA) is 46.3 Å². The highest BCUT2D eigenvalue weighted by atomic mass is 19.1. The molecule has 3 rings (SSSR count). The summed E-state index contributed by atoms with van der Waals surface area (Å²) in [5.41, 5.74) is 9.59. The van der Waals surface area contributed by atoms with Crippen molar-refractivity contribution < 1.29 is 9.18 Å². The number of carbonyl (C=O) groups is 1. The monoisotopic (exact) mass is 270 g/mol. The van der Waals surface area contributed by atoms with Crippen molar-refractivity contribution in [2.75, 3.05) is 17.2 Å². The molecule has 20 heavy (non-hydrogen) atoms. The number of nitrogens with two attached hydrogens (primary N) is 1. The zero-order chi connectivity index (χ0) is 14.3. The van der Waals surface area contributed by atoms with Crippen LogP contribution in [0.25, 0.3) is 0 Å². The molecule has 0 bridgehead atoms. The van der Waals surface area contributed by atoms with Gasteiger partial charge in [-0.25, -0.2) is 4.39 Å². The second-order valence-electron chi connectivity index (χ2n) is 5.05. The lowest BCUT2D eigenvalue weighted by Crippen LogP contribution is -2.29. The first-order valence-corrected chi connectivity index (χ1v) is 6.52. The van der Waals surface area contributed by atoms with E-state index < -0.39 is 0 Å². The van der Waals surface area contributed by atoms with Crippen LogP contribution < -0.4 is 10.6 Å². The summed E-state index contributed by atoms with van der Waals surface area (Å²) in [6, 6.07) is 9.85. The lowest BCUT2D eigenvalue weighted by atomic mass is 10.1. The summed E-state index contributed by atoms with van der Waals surface area (Å²) < 4.78 is 13.1. The average Bonchev–Trinajstić information content (AvgIpc) is 2.81. The molecule has 2 aromatic carbocycles. The highest BCUT2D eigenvalue weighted by Crippen LogP contribution is 2.31. The van der Waals surface area contributed by atoms with Gasteiger partial charge in [-0.05, 0) is 54.8 Å². The molecule has 3 nitrogen and oxygen atoms in total. The smallest absolute Gasteiger partial charge is 0.258 e. The van der Waals surface area contributed by atoms with E-state index in [-0.39, 0.29) is 11.7 Å². The molecule has 0 saturated carbocycles. The molecule has 0 radical (unpaired) electrons. The molecule has 0 aromatic heterocycles. The number of carbonyl (C=O) groups excluding carboxylic acids is 1. The van der Waals surface area contributed by atoms with Gasteiger partial charge in [-0.3, -0.25) is 4.79 Å². The molecular formula is C16H15FN2O. The second-order valence-corrected chi connectivity index (χ2v) is 5.05. The van der Waals surface area contributed by atoms with Gasteiger partial charge in [0.15, 0.2) is 0 Å². The maximum atomic E-state index is 13.1. The van der Waals surface area contributed by atoms with Gasteiger partial charge >= 0.3 is 0 Å². The van der Waals surface area contributed by atoms with Gasteiger partial charge in [0.05, 0.1) is 0 Å². The van der Waals surface area contributed by atoms with Crippen LogP contribution in [0.5, 0.6) is 0 Å². The van der Waals surface area contributed by atoms with Crippen LogP contribution >= 0.6 is 0 Å². The van der Waals surface area contributed by atoms with Crippen molar-refractivity contribution in [1.29, 1.82) is 0 Å². The van der Waals surface area contributed by atoms with E-state index in [0.717, 1.165) is 17.7 Å². The molecule has 2 N–H and O–H groups in total. The Labute approximate surface area is 116 Å². The summed E-state index contributed by atoms with van der Waals surface area (Å²) in [5, 5.41) is 0. The van der Waals surface area contributed by atoms with Crippen LogP contribution in [0, 0.1) is 12.7 Å². The van der Waals surface area contributed by atoms with Crippen LogP contribution in [0.1, 0.15) is 21.5 Å². The maximum Gasteiger partial charge on any atom is 0.258 e. The Bertz CT molecular complexity index is 697. The molecule has 4 heteroatoms. The molecule has 2 aromatic rings. The number of halogens is 1. The van der Waals surface area contributed by atoms with E-state index in [0.29, 0.717) is 23.4 Å². The van der Waals surface area contributed by atoms with Crippen LogP contribution in [-0.4, -0.2) is 12.5 Å². The third-order valence-corrected chi connectivity index (χ3v) is 3.67. The van der Waals surface area contributed by atoms with Crippen molar-refractivity contribution in [2.24, 2.45) is 0 Å². The van der Waals surface area contributed by atoms with Crippen LogP contribution in [0.3, 0.4) is 0 Å². The SMILES string of the molecule is Cc1cc(F)ccc1C(=O)N1CCc2ccc(N)cc21. The van der Waals surface area contributed by atoms with Gasteiger partial charge in [0.25, 0.3) is 5.91 Å². The number of nitrogens with zero attached hydrogens (tertiary/aromatic N) is 1. The molecule has 1 aliphatic heterocycles. The summed E-state index contributed by atoms with van der Waals surface area (Å²) in [4.78, 5) is 14.3. The van der Waals surface area contributed by atoms with Gasteiger partial charge in [0.2, 0.25) is 0 Å². The van der Waals surface area contributed by atoms with Crippen molar-refractivity contribution in [3.63, 3.8) is 0 Å². The zero-order valence-corrected chi connectivity index (χ0v) is 11.2. The fraction of sp³-hybridized carbons (Fsp3) is 0.188.